The van der Waals surface area contributed by atoms with Crippen LogP contribution in [0.4, 0.5) is 11.9 Å². The van der Waals surface area contributed by atoms with Gasteiger partial charge in [-0.25, -0.2) is 9.97 Å². The van der Waals surface area contributed by atoms with Crippen molar-refractivity contribution in [2.24, 2.45) is 5.73 Å². The van der Waals surface area contributed by atoms with Crippen molar-refractivity contribution in [1.29, 1.82) is 0 Å². The molecule has 239 valence electrons. The summed E-state index contributed by atoms with van der Waals surface area (Å²) in [5.41, 5.74) is 6.19. The van der Waals surface area contributed by atoms with Crippen LogP contribution in [0.1, 0.15) is 136 Å². The van der Waals surface area contributed by atoms with E-state index in [1.807, 2.05) is 7.05 Å². The molecule has 1 aromatic rings. The summed E-state index contributed by atoms with van der Waals surface area (Å²) >= 11 is 0. The molecule has 0 saturated carbocycles. The highest BCUT2D eigenvalue weighted by molar-refractivity contribution is 6.51. The third-order valence-corrected chi connectivity index (χ3v) is 8.64. The zero-order valence-electron chi connectivity index (χ0n) is 27.8. The molecule has 9 heteroatoms. The van der Waals surface area contributed by atoms with E-state index in [4.69, 9.17) is 15.7 Å². The van der Waals surface area contributed by atoms with Crippen LogP contribution in [0.5, 0.6) is 0 Å². The minimum absolute atomic E-state index is 0.0896. The number of anilines is 2. The maximum atomic E-state index is 11.6. The Bertz CT molecular complexity index is 821. The molecule has 1 aliphatic heterocycles. The zero-order valence-corrected chi connectivity index (χ0v) is 27.8. The van der Waals surface area contributed by atoms with Crippen LogP contribution in [0.25, 0.3) is 0 Å². The van der Waals surface area contributed by atoms with Gasteiger partial charge in [0.1, 0.15) is 0 Å². The topological polar surface area (TPSA) is 91.5 Å². The van der Waals surface area contributed by atoms with Gasteiger partial charge < -0.3 is 15.5 Å². The van der Waals surface area contributed by atoms with Gasteiger partial charge in [-0.2, -0.15) is 4.98 Å². The second kappa shape index (κ2) is 22.6. The van der Waals surface area contributed by atoms with Crippen LogP contribution >= 0.6 is 0 Å². The molecule has 42 heavy (non-hydrogen) atoms. The number of piperazine rings is 1. The van der Waals surface area contributed by atoms with E-state index in [1.165, 1.54) is 109 Å². The summed E-state index contributed by atoms with van der Waals surface area (Å²) in [4.78, 5) is 32.8. The van der Waals surface area contributed by atoms with Crippen molar-refractivity contribution >= 4 is 30.8 Å². The van der Waals surface area contributed by atoms with Gasteiger partial charge in [0.25, 0.3) is 0 Å². The molecule has 1 aliphatic rings. The second-order valence-corrected chi connectivity index (χ2v) is 12.5. The van der Waals surface area contributed by atoms with Crippen LogP contribution < -0.4 is 21.3 Å². The lowest BCUT2D eigenvalue weighted by Gasteiger charge is -2.39. The molecule has 1 radical (unpaired) electrons. The van der Waals surface area contributed by atoms with Crippen molar-refractivity contribution in [2.45, 2.75) is 149 Å². The van der Waals surface area contributed by atoms with E-state index in [-0.39, 0.29) is 12.5 Å². The molecule has 0 atom stereocenters. The van der Waals surface area contributed by atoms with Gasteiger partial charge in [-0.15, -0.1) is 0 Å². The summed E-state index contributed by atoms with van der Waals surface area (Å²) in [6.07, 6.45) is 24.7. The van der Waals surface area contributed by atoms with E-state index >= 15 is 0 Å². The summed E-state index contributed by atoms with van der Waals surface area (Å²) in [6, 6.07) is 0.687. The van der Waals surface area contributed by atoms with E-state index in [1.54, 1.807) is 4.90 Å². The summed E-state index contributed by atoms with van der Waals surface area (Å²) < 4.78 is 0. The Kier molecular flexibility index (Phi) is 19.5. The maximum Gasteiger partial charge on any atom is 0.237 e. The number of likely N-dealkylation sites (N-methyl/N-ethyl adjacent to an activating group) is 1. The highest BCUT2D eigenvalue weighted by Gasteiger charge is 2.26. The fraction of sp³-hybridized carbons (Fsp3) is 0.879. The summed E-state index contributed by atoms with van der Waals surface area (Å²) in [7, 11) is 3.96. The number of rotatable bonds is 25. The van der Waals surface area contributed by atoms with Gasteiger partial charge in [0.05, 0.1) is 12.3 Å². The number of carbonyl (C=O) groups is 1. The van der Waals surface area contributed by atoms with Crippen molar-refractivity contribution in [2.75, 3.05) is 49.6 Å². The number of nitrogens with two attached hydrogens (primary N) is 1. The molecular formula is C33H63BN7O. The molecule has 0 unspecified atom stereocenters. The average molecular weight is 585 g/mol. The Labute approximate surface area is 259 Å². The number of amides is 1. The Morgan fingerprint density at radius 2 is 1.29 bits per heavy atom. The van der Waals surface area contributed by atoms with Gasteiger partial charge in [-0.3, -0.25) is 9.69 Å². The quantitative estimate of drug-likeness (QED) is 0.109. The zero-order chi connectivity index (χ0) is 30.4. The first kappa shape index (κ1) is 36.3. The van der Waals surface area contributed by atoms with Gasteiger partial charge in [-0.1, -0.05) is 130 Å². The number of carbonyl (C=O) groups excluding carboxylic acids is 1. The first-order valence-electron chi connectivity index (χ1n) is 17.6. The molecule has 0 bridgehead atoms. The molecule has 1 aromatic heterocycles. The molecule has 0 aromatic carbocycles. The van der Waals surface area contributed by atoms with Crippen LogP contribution in [0.2, 0.25) is 6.32 Å². The third-order valence-electron chi connectivity index (χ3n) is 8.64. The SMILES string of the molecule is CCCCCCCC[B]c1nc(N(C)CC(N)=O)nc(N2CCN(C(CCCCCCC)CCCCCCC)CC2)n1. The van der Waals surface area contributed by atoms with Crippen LogP contribution in [-0.4, -0.2) is 78.9 Å². The van der Waals surface area contributed by atoms with Crippen molar-refractivity contribution in [1.82, 2.24) is 19.9 Å². The maximum absolute atomic E-state index is 11.6. The fourth-order valence-corrected chi connectivity index (χ4v) is 6.00. The van der Waals surface area contributed by atoms with Crippen LogP contribution in [0.15, 0.2) is 0 Å². The molecular weight excluding hydrogens is 521 g/mol. The molecule has 8 nitrogen and oxygen atoms in total. The Hall–Kier alpha value is -1.90. The first-order valence-corrected chi connectivity index (χ1v) is 17.6. The van der Waals surface area contributed by atoms with Crippen LogP contribution in [-0.2, 0) is 4.79 Å². The van der Waals surface area contributed by atoms with E-state index < -0.39 is 0 Å². The van der Waals surface area contributed by atoms with Gasteiger partial charge in [0.2, 0.25) is 25.1 Å². The number of unbranched alkanes of at least 4 members (excludes halogenated alkanes) is 13. The van der Waals surface area contributed by atoms with Crippen LogP contribution in [0, 0.1) is 0 Å². The van der Waals surface area contributed by atoms with Gasteiger partial charge >= 0.3 is 0 Å². The monoisotopic (exact) mass is 585 g/mol. The molecule has 0 aliphatic carbocycles. The number of hydrogen-bond acceptors (Lipinski definition) is 7. The number of primary amides is 1. The summed E-state index contributed by atoms with van der Waals surface area (Å²) in [5, 5.41) is 0. The average Bonchev–Trinajstić information content (AvgIpc) is 2.99. The fourth-order valence-electron chi connectivity index (χ4n) is 6.00. The highest BCUT2D eigenvalue weighted by atomic mass is 16.1. The molecule has 1 amide bonds. The minimum atomic E-state index is -0.388. The van der Waals surface area contributed by atoms with Gasteiger partial charge in [-0.05, 0) is 12.8 Å². The number of nitrogens with zero attached hydrogens (tertiary/aromatic N) is 6. The molecule has 2 rings (SSSR count). The lowest BCUT2D eigenvalue weighted by atomic mass is 9.72. The van der Waals surface area contributed by atoms with Crippen molar-refractivity contribution < 1.29 is 4.79 Å². The Morgan fingerprint density at radius 3 is 1.83 bits per heavy atom. The molecule has 0 spiro atoms. The summed E-state index contributed by atoms with van der Waals surface area (Å²) in [5.74, 6) is 0.856. The van der Waals surface area contributed by atoms with Crippen LogP contribution in [0.3, 0.4) is 0 Å². The molecule has 2 heterocycles. The third kappa shape index (κ3) is 15.0. The predicted octanol–water partition coefficient (Wildman–Crippen LogP) is 6.11. The second-order valence-electron chi connectivity index (χ2n) is 12.5. The number of aromatic nitrogens is 3. The van der Waals surface area contributed by atoms with Gasteiger partial charge in [0, 0.05) is 39.3 Å². The normalized spacial score (nSPS) is 14.1. The first-order chi connectivity index (χ1) is 20.5. The number of hydrogen-bond donors (Lipinski definition) is 1. The standard InChI is InChI=1S/C33H63BN7O/c1-5-8-11-14-17-20-23-34-31-36-32(39(4)28-30(35)42)38-33(37-31)41-26-24-40(25-27-41)29(21-18-15-12-9-6-2)22-19-16-13-10-7-3/h29H,5-28H2,1-4H3,(H2,35,42). The van der Waals surface area contributed by atoms with E-state index in [0.29, 0.717) is 17.7 Å². The van der Waals surface area contributed by atoms with Crippen molar-refractivity contribution in [3.63, 3.8) is 0 Å². The van der Waals surface area contributed by atoms with E-state index in [9.17, 15) is 4.79 Å². The lowest BCUT2D eigenvalue weighted by molar-refractivity contribution is -0.116. The largest absolute Gasteiger partial charge is 0.368 e. The molecule has 1 saturated heterocycles. The molecule has 2 N–H and O–H groups in total. The lowest BCUT2D eigenvalue weighted by Crippen LogP contribution is -2.51. The van der Waals surface area contributed by atoms with E-state index in [2.05, 4.69) is 42.8 Å². The minimum Gasteiger partial charge on any atom is -0.368 e. The van der Waals surface area contributed by atoms with Gasteiger partial charge in [0.15, 0.2) is 0 Å². The van der Waals surface area contributed by atoms with Crippen molar-refractivity contribution in [3.8, 4) is 0 Å². The highest BCUT2D eigenvalue weighted by Crippen LogP contribution is 2.22. The molecule has 1 fully saturated rings. The van der Waals surface area contributed by atoms with E-state index in [0.717, 1.165) is 44.9 Å². The summed E-state index contributed by atoms with van der Waals surface area (Å²) in [6.45, 7) is 10.9. The Morgan fingerprint density at radius 1 is 0.762 bits per heavy atom. The Balaban J connectivity index is 2.00. The predicted molar refractivity (Wildman–Crippen MR) is 180 cm³/mol. The van der Waals surface area contributed by atoms with Crippen molar-refractivity contribution in [3.05, 3.63) is 0 Å². The smallest absolute Gasteiger partial charge is 0.237 e.